The number of nitrogens with zero attached hydrogens (tertiary/aromatic N) is 1. The Hall–Kier alpha value is -3.13. The molecule has 0 spiro atoms. The summed E-state index contributed by atoms with van der Waals surface area (Å²) in [6, 6.07) is 13.1. The smallest absolute Gasteiger partial charge is 0.168 e. The summed E-state index contributed by atoms with van der Waals surface area (Å²) >= 11 is 0. The van der Waals surface area contributed by atoms with Gasteiger partial charge in [0.1, 0.15) is 0 Å². The van der Waals surface area contributed by atoms with Crippen molar-refractivity contribution in [3.8, 4) is 29.1 Å². The van der Waals surface area contributed by atoms with Crippen LogP contribution in [0.2, 0.25) is 0 Å². The summed E-state index contributed by atoms with van der Waals surface area (Å²) < 4.78 is 21.4. The van der Waals surface area contributed by atoms with Gasteiger partial charge in [0.05, 0.1) is 34.5 Å². The van der Waals surface area contributed by atoms with Crippen LogP contribution in [0.25, 0.3) is 5.57 Å². The Balaban J connectivity index is 2.65. The lowest BCUT2D eigenvalue weighted by Crippen LogP contribution is -1.98. The molecule has 0 amide bonds. The third-order valence-corrected chi connectivity index (χ3v) is 3.60. The van der Waals surface area contributed by atoms with Crippen molar-refractivity contribution in [3.63, 3.8) is 0 Å². The van der Waals surface area contributed by atoms with Gasteiger partial charge >= 0.3 is 0 Å². The van der Waals surface area contributed by atoms with Crippen LogP contribution >= 0.6 is 0 Å². The van der Waals surface area contributed by atoms with Crippen molar-refractivity contribution < 1.29 is 18.9 Å². The van der Waals surface area contributed by atoms with E-state index in [0.717, 1.165) is 11.1 Å². The van der Waals surface area contributed by atoms with Crippen molar-refractivity contribution in [1.29, 1.82) is 5.26 Å². The Morgan fingerprint density at radius 2 is 1.58 bits per heavy atom. The Kier molecular flexibility index (Phi) is 5.69. The summed E-state index contributed by atoms with van der Waals surface area (Å²) in [7, 11) is 6.29. The number of nitriles is 1. The van der Waals surface area contributed by atoms with Gasteiger partial charge in [-0.1, -0.05) is 18.2 Å². The van der Waals surface area contributed by atoms with Crippen molar-refractivity contribution in [3.05, 3.63) is 53.6 Å². The third-order valence-electron chi connectivity index (χ3n) is 3.60. The van der Waals surface area contributed by atoms with E-state index in [1.54, 1.807) is 40.6 Å². The van der Waals surface area contributed by atoms with E-state index in [4.69, 9.17) is 18.9 Å². The molecule has 5 nitrogen and oxygen atoms in total. The molecule has 2 aromatic rings. The fourth-order valence-electron chi connectivity index (χ4n) is 2.48. The average molecular weight is 325 g/mol. The average Bonchev–Trinajstić information content (AvgIpc) is 2.64. The van der Waals surface area contributed by atoms with E-state index in [1.807, 2.05) is 24.3 Å². The lowest BCUT2D eigenvalue weighted by atomic mass is 9.96. The molecule has 0 atom stereocenters. The molecule has 0 saturated heterocycles. The zero-order valence-corrected chi connectivity index (χ0v) is 14.1. The molecule has 124 valence electrons. The highest BCUT2D eigenvalue weighted by Crippen LogP contribution is 2.39. The lowest BCUT2D eigenvalue weighted by molar-refractivity contribution is 0.354. The van der Waals surface area contributed by atoms with Crippen LogP contribution in [0, 0.1) is 11.3 Å². The predicted octanol–water partition coefficient (Wildman–Crippen LogP) is 3.68. The van der Waals surface area contributed by atoms with Crippen LogP contribution in [0.5, 0.6) is 23.0 Å². The Morgan fingerprint density at radius 1 is 0.875 bits per heavy atom. The van der Waals surface area contributed by atoms with Crippen LogP contribution in [-0.2, 0) is 0 Å². The quantitative estimate of drug-likeness (QED) is 0.758. The van der Waals surface area contributed by atoms with E-state index in [0.29, 0.717) is 28.6 Å². The molecule has 5 heteroatoms. The van der Waals surface area contributed by atoms with Gasteiger partial charge < -0.3 is 18.9 Å². The molecule has 0 aliphatic heterocycles. The first-order chi connectivity index (χ1) is 11.7. The van der Waals surface area contributed by atoms with Gasteiger partial charge in [-0.2, -0.15) is 5.26 Å². The van der Waals surface area contributed by atoms with E-state index < -0.39 is 0 Å². The molecule has 2 rings (SSSR count). The fraction of sp³-hybridized carbons (Fsp3) is 0.211. The lowest BCUT2D eigenvalue weighted by Gasteiger charge is -2.16. The molecule has 0 aliphatic rings. The molecule has 0 heterocycles. The summed E-state index contributed by atoms with van der Waals surface area (Å²) in [6.45, 7) is 0. The molecule has 0 N–H and O–H groups in total. The minimum Gasteiger partial charge on any atom is -0.493 e. The van der Waals surface area contributed by atoms with Gasteiger partial charge in [0.15, 0.2) is 23.0 Å². The first-order valence-corrected chi connectivity index (χ1v) is 7.23. The molecule has 0 aromatic heterocycles. The number of benzene rings is 2. The number of para-hydroxylation sites is 1. The summed E-state index contributed by atoms with van der Waals surface area (Å²) in [5.74, 6) is 2.37. The maximum atomic E-state index is 9.22. The second-order valence-corrected chi connectivity index (χ2v) is 4.80. The maximum Gasteiger partial charge on any atom is 0.168 e. The maximum absolute atomic E-state index is 9.22. The second kappa shape index (κ2) is 7.93. The topological polar surface area (TPSA) is 60.7 Å². The standard InChI is InChI=1S/C19H19NO4/c1-21-16-9-8-13(12-18(16)23-3)14(10-11-20)15-6-5-7-17(22-2)19(15)24-4/h5-10,12H,1-4H3/b14-10+. The molecule has 2 aromatic carbocycles. The van der Waals surface area contributed by atoms with Crippen molar-refractivity contribution in [2.24, 2.45) is 0 Å². The monoisotopic (exact) mass is 325 g/mol. The van der Waals surface area contributed by atoms with E-state index in [1.165, 1.54) is 6.08 Å². The normalized spacial score (nSPS) is 10.7. The molecular formula is C19H19NO4. The largest absolute Gasteiger partial charge is 0.493 e. The molecule has 0 aliphatic carbocycles. The van der Waals surface area contributed by atoms with Crippen LogP contribution in [0.1, 0.15) is 11.1 Å². The van der Waals surface area contributed by atoms with E-state index in [9.17, 15) is 5.26 Å². The van der Waals surface area contributed by atoms with Crippen LogP contribution < -0.4 is 18.9 Å². The number of rotatable bonds is 6. The zero-order valence-electron chi connectivity index (χ0n) is 14.1. The summed E-state index contributed by atoms with van der Waals surface area (Å²) in [4.78, 5) is 0. The van der Waals surface area contributed by atoms with Crippen molar-refractivity contribution >= 4 is 5.57 Å². The molecule has 0 saturated carbocycles. The molecule has 24 heavy (non-hydrogen) atoms. The minimum atomic E-state index is 0.566. The van der Waals surface area contributed by atoms with E-state index >= 15 is 0 Å². The molecule has 0 radical (unpaired) electrons. The predicted molar refractivity (Wildman–Crippen MR) is 91.8 cm³/mol. The Morgan fingerprint density at radius 3 is 2.17 bits per heavy atom. The van der Waals surface area contributed by atoms with E-state index in [-0.39, 0.29) is 0 Å². The van der Waals surface area contributed by atoms with E-state index in [2.05, 4.69) is 6.07 Å². The summed E-state index contributed by atoms with van der Waals surface area (Å²) in [6.07, 6.45) is 1.47. The van der Waals surface area contributed by atoms with Gasteiger partial charge in [-0.3, -0.25) is 0 Å². The van der Waals surface area contributed by atoms with Gasteiger partial charge in [-0.05, 0) is 23.8 Å². The van der Waals surface area contributed by atoms with Gasteiger partial charge in [-0.25, -0.2) is 0 Å². The molecular weight excluding hydrogens is 306 g/mol. The highest BCUT2D eigenvalue weighted by molar-refractivity contribution is 5.86. The molecule has 0 bridgehead atoms. The highest BCUT2D eigenvalue weighted by Gasteiger charge is 2.16. The van der Waals surface area contributed by atoms with Crippen molar-refractivity contribution in [1.82, 2.24) is 0 Å². The van der Waals surface area contributed by atoms with Gasteiger partial charge in [-0.15, -0.1) is 0 Å². The number of hydrogen-bond acceptors (Lipinski definition) is 5. The number of ether oxygens (including phenoxy) is 4. The highest BCUT2D eigenvalue weighted by atomic mass is 16.5. The number of methoxy groups -OCH3 is 4. The second-order valence-electron chi connectivity index (χ2n) is 4.80. The van der Waals surface area contributed by atoms with Gasteiger partial charge in [0.2, 0.25) is 0 Å². The minimum absolute atomic E-state index is 0.566. The fourth-order valence-corrected chi connectivity index (χ4v) is 2.48. The van der Waals surface area contributed by atoms with Crippen molar-refractivity contribution in [2.75, 3.05) is 28.4 Å². The Labute approximate surface area is 141 Å². The summed E-state index contributed by atoms with van der Waals surface area (Å²) in [5.41, 5.74) is 2.26. The van der Waals surface area contributed by atoms with Crippen LogP contribution in [0.4, 0.5) is 0 Å². The molecule has 0 unspecified atom stereocenters. The number of hydrogen-bond donors (Lipinski definition) is 0. The van der Waals surface area contributed by atoms with Crippen molar-refractivity contribution in [2.45, 2.75) is 0 Å². The van der Waals surface area contributed by atoms with Crippen LogP contribution in [0.15, 0.2) is 42.5 Å². The molecule has 0 fully saturated rings. The Bertz CT molecular complexity index is 790. The number of allylic oxidation sites excluding steroid dienone is 1. The SMILES string of the molecule is COc1ccc(/C(=C\C#N)c2cccc(OC)c2OC)cc1OC. The van der Waals surface area contributed by atoms with Crippen LogP contribution in [0.3, 0.4) is 0 Å². The van der Waals surface area contributed by atoms with Gasteiger partial charge in [0, 0.05) is 17.2 Å². The first-order valence-electron chi connectivity index (χ1n) is 7.23. The summed E-state index contributed by atoms with van der Waals surface area (Å²) in [5, 5.41) is 9.22. The van der Waals surface area contributed by atoms with Crippen LogP contribution in [-0.4, -0.2) is 28.4 Å². The van der Waals surface area contributed by atoms with Gasteiger partial charge in [0.25, 0.3) is 0 Å². The third kappa shape index (κ3) is 3.28. The zero-order chi connectivity index (χ0) is 17.5. The first kappa shape index (κ1) is 17.2.